The fourth-order valence-corrected chi connectivity index (χ4v) is 3.40. The van der Waals surface area contributed by atoms with Crippen molar-refractivity contribution in [1.29, 1.82) is 0 Å². The molecule has 0 spiro atoms. The van der Waals surface area contributed by atoms with E-state index in [1.807, 2.05) is 10.8 Å². The van der Waals surface area contributed by atoms with Crippen molar-refractivity contribution >= 4 is 28.6 Å². The van der Waals surface area contributed by atoms with Crippen LogP contribution in [0.5, 0.6) is 0 Å². The van der Waals surface area contributed by atoms with Crippen LogP contribution in [0.3, 0.4) is 0 Å². The monoisotopic (exact) mass is 339 g/mol. The van der Waals surface area contributed by atoms with Gasteiger partial charge in [0.25, 0.3) is 0 Å². The molecular weight excluding hydrogens is 322 g/mol. The second-order valence-corrected chi connectivity index (χ2v) is 6.46. The van der Waals surface area contributed by atoms with E-state index in [0.717, 1.165) is 17.8 Å². The van der Waals surface area contributed by atoms with E-state index in [4.69, 9.17) is 9.47 Å². The van der Waals surface area contributed by atoms with Crippen LogP contribution in [0, 0.1) is 0 Å². The number of nitrogens with zero attached hydrogens (tertiary/aromatic N) is 2. The van der Waals surface area contributed by atoms with Crippen LogP contribution in [-0.2, 0) is 27.3 Å². The summed E-state index contributed by atoms with van der Waals surface area (Å²) in [5.74, 6) is -0.0522. The largest absolute Gasteiger partial charge is 0.379 e. The van der Waals surface area contributed by atoms with Crippen molar-refractivity contribution in [2.75, 3.05) is 13.2 Å². The predicted molar refractivity (Wildman–Crippen MR) is 83.9 cm³/mol. The average Bonchev–Trinajstić information content (AvgIpc) is 3.19. The van der Waals surface area contributed by atoms with Crippen LogP contribution in [0.15, 0.2) is 21.8 Å². The Morgan fingerprint density at radius 3 is 2.82 bits per heavy atom. The lowest BCUT2D eigenvalue weighted by molar-refractivity contribution is -0.126. The van der Waals surface area contributed by atoms with E-state index >= 15 is 0 Å². The van der Waals surface area contributed by atoms with Gasteiger partial charge in [0.05, 0.1) is 54.2 Å². The predicted octanol–water partition coefficient (Wildman–Crippen LogP) is 1.63. The molecule has 2 atom stereocenters. The number of nitrogens with one attached hydrogen (secondary N) is 1. The minimum atomic E-state index is -0.126. The van der Waals surface area contributed by atoms with Gasteiger partial charge in [-0.25, -0.2) is 9.97 Å². The maximum atomic E-state index is 12.1. The molecule has 0 bridgehead atoms. The van der Waals surface area contributed by atoms with Gasteiger partial charge < -0.3 is 14.8 Å². The zero-order chi connectivity index (χ0) is 15.2. The molecule has 8 heteroatoms. The zero-order valence-electron chi connectivity index (χ0n) is 11.9. The summed E-state index contributed by atoms with van der Waals surface area (Å²) in [4.78, 5) is 20.4. The molecule has 1 amide bonds. The van der Waals surface area contributed by atoms with Gasteiger partial charge in [-0.1, -0.05) is 0 Å². The van der Waals surface area contributed by atoms with E-state index in [9.17, 15) is 4.79 Å². The van der Waals surface area contributed by atoms with Crippen molar-refractivity contribution in [3.63, 3.8) is 0 Å². The van der Waals surface area contributed by atoms with Crippen molar-refractivity contribution < 1.29 is 14.3 Å². The minimum absolute atomic E-state index is 0.0465. The first-order valence-electron chi connectivity index (χ1n) is 7.04. The highest BCUT2D eigenvalue weighted by atomic mass is 32.1. The molecule has 1 N–H and O–H groups in total. The highest BCUT2D eigenvalue weighted by molar-refractivity contribution is 7.07. The molecule has 0 unspecified atom stereocenters. The Bertz CT molecular complexity index is 574. The van der Waals surface area contributed by atoms with E-state index < -0.39 is 0 Å². The summed E-state index contributed by atoms with van der Waals surface area (Å²) < 4.78 is 11.4. The van der Waals surface area contributed by atoms with Crippen LogP contribution in [0.4, 0.5) is 0 Å². The van der Waals surface area contributed by atoms with Crippen molar-refractivity contribution in [1.82, 2.24) is 15.3 Å². The van der Waals surface area contributed by atoms with Crippen molar-refractivity contribution in [2.45, 2.75) is 31.6 Å². The Labute approximate surface area is 136 Å². The molecule has 22 heavy (non-hydrogen) atoms. The van der Waals surface area contributed by atoms with E-state index in [1.54, 1.807) is 22.4 Å². The summed E-state index contributed by atoms with van der Waals surface area (Å²) in [6, 6.07) is -0.126. The van der Waals surface area contributed by atoms with Gasteiger partial charge in [0.2, 0.25) is 5.91 Å². The molecule has 0 aromatic carbocycles. The van der Waals surface area contributed by atoms with Gasteiger partial charge in [-0.05, 0) is 6.42 Å². The van der Waals surface area contributed by atoms with Crippen LogP contribution in [-0.4, -0.2) is 41.2 Å². The van der Waals surface area contributed by atoms with Gasteiger partial charge in [-0.3, -0.25) is 4.79 Å². The molecule has 0 radical (unpaired) electrons. The quantitative estimate of drug-likeness (QED) is 0.866. The molecule has 1 aliphatic rings. The first-order chi connectivity index (χ1) is 10.8. The molecule has 3 rings (SSSR count). The second-order valence-electron chi connectivity index (χ2n) is 5.02. The number of amides is 1. The summed E-state index contributed by atoms with van der Waals surface area (Å²) >= 11 is 3.04. The lowest BCUT2D eigenvalue weighted by atomic mass is 10.1. The number of hydrogen-bond donors (Lipinski definition) is 1. The van der Waals surface area contributed by atoms with Crippen LogP contribution >= 0.6 is 22.7 Å². The number of carbonyl (C=O) groups excluding carboxylic acids is 1. The number of aromatic nitrogens is 2. The molecule has 2 aromatic heterocycles. The maximum Gasteiger partial charge on any atom is 0.226 e. The van der Waals surface area contributed by atoms with Gasteiger partial charge in [0.1, 0.15) is 0 Å². The highest BCUT2D eigenvalue weighted by Gasteiger charge is 2.28. The van der Waals surface area contributed by atoms with E-state index in [-0.39, 0.29) is 18.1 Å². The maximum absolute atomic E-state index is 12.1. The van der Waals surface area contributed by atoms with Crippen LogP contribution in [0.1, 0.15) is 17.8 Å². The van der Waals surface area contributed by atoms with Crippen LogP contribution in [0.2, 0.25) is 0 Å². The topological polar surface area (TPSA) is 73.3 Å². The zero-order valence-corrected chi connectivity index (χ0v) is 13.6. The van der Waals surface area contributed by atoms with Gasteiger partial charge in [-0.15, -0.1) is 22.7 Å². The summed E-state index contributed by atoms with van der Waals surface area (Å²) in [6.07, 6.45) is 1.01. The lowest BCUT2D eigenvalue weighted by Crippen LogP contribution is -2.50. The minimum Gasteiger partial charge on any atom is -0.379 e. The summed E-state index contributed by atoms with van der Waals surface area (Å²) in [5.41, 5.74) is 5.23. The van der Waals surface area contributed by atoms with Crippen LogP contribution in [0.25, 0.3) is 0 Å². The van der Waals surface area contributed by atoms with E-state index in [2.05, 4.69) is 15.3 Å². The Morgan fingerprint density at radius 1 is 1.32 bits per heavy atom. The molecule has 1 saturated heterocycles. The smallest absolute Gasteiger partial charge is 0.226 e. The first kappa shape index (κ1) is 15.5. The Kier molecular flexibility index (Phi) is 5.49. The fraction of sp³-hybridized carbons (Fsp3) is 0.500. The number of thiazole rings is 2. The standard InChI is InChI=1S/C14H17N3O3S2/c18-14(3-10-6-21-8-15-10)17-12-5-19-2-1-13(12)20-4-11-7-22-9-16-11/h6-9,12-13H,1-5H2,(H,17,18)/t12-,13+/m1/s1. The molecule has 118 valence electrons. The van der Waals surface area contributed by atoms with E-state index in [1.165, 1.54) is 11.3 Å². The van der Waals surface area contributed by atoms with Crippen molar-refractivity contribution in [2.24, 2.45) is 0 Å². The van der Waals surface area contributed by atoms with Crippen LogP contribution < -0.4 is 5.32 Å². The summed E-state index contributed by atoms with van der Waals surface area (Å²) in [7, 11) is 0. The number of hydrogen-bond acceptors (Lipinski definition) is 7. The SMILES string of the molecule is O=C(Cc1cscn1)N[C@@H]1COCC[C@@H]1OCc1cscn1. The molecule has 0 saturated carbocycles. The number of rotatable bonds is 6. The molecule has 1 fully saturated rings. The van der Waals surface area contributed by atoms with Gasteiger partial charge in [0, 0.05) is 17.4 Å². The first-order valence-corrected chi connectivity index (χ1v) is 8.92. The molecule has 6 nitrogen and oxygen atoms in total. The van der Waals surface area contributed by atoms with Gasteiger partial charge in [-0.2, -0.15) is 0 Å². The molecular formula is C14H17N3O3S2. The molecule has 3 heterocycles. The fourth-order valence-electron chi connectivity index (χ4n) is 2.30. The average molecular weight is 339 g/mol. The molecule has 1 aliphatic heterocycles. The van der Waals surface area contributed by atoms with Gasteiger partial charge >= 0.3 is 0 Å². The van der Waals surface area contributed by atoms with Crippen molar-refractivity contribution in [3.05, 3.63) is 33.2 Å². The number of carbonyl (C=O) groups is 1. The lowest BCUT2D eigenvalue weighted by Gasteiger charge is -2.31. The van der Waals surface area contributed by atoms with Gasteiger partial charge in [0.15, 0.2) is 0 Å². The second kappa shape index (κ2) is 7.77. The number of ether oxygens (including phenoxy) is 2. The summed E-state index contributed by atoms with van der Waals surface area (Å²) in [5, 5.41) is 6.84. The van der Waals surface area contributed by atoms with E-state index in [0.29, 0.717) is 26.2 Å². The third kappa shape index (κ3) is 4.33. The highest BCUT2D eigenvalue weighted by Crippen LogP contribution is 2.15. The Hall–Kier alpha value is -1.35. The summed E-state index contributed by atoms with van der Waals surface area (Å²) in [6.45, 7) is 1.59. The molecule has 2 aromatic rings. The Morgan fingerprint density at radius 2 is 2.09 bits per heavy atom. The normalized spacial score (nSPS) is 21.6. The third-order valence-electron chi connectivity index (χ3n) is 3.39. The molecule has 0 aliphatic carbocycles. The van der Waals surface area contributed by atoms with Crippen molar-refractivity contribution in [3.8, 4) is 0 Å². The Balaban J connectivity index is 1.51. The third-order valence-corrected chi connectivity index (χ3v) is 4.66.